The van der Waals surface area contributed by atoms with Crippen molar-refractivity contribution >= 4 is 140 Å². The fourth-order valence-electron chi connectivity index (χ4n) is 14.6. The summed E-state index contributed by atoms with van der Waals surface area (Å²) in [5, 5.41) is 87.6. The monoisotopic (exact) mass is 1920 g/mol. The van der Waals surface area contributed by atoms with Crippen LogP contribution in [0.1, 0.15) is 165 Å². The number of anilines is 1. The van der Waals surface area contributed by atoms with Gasteiger partial charge in [0.2, 0.25) is 65.0 Å². The van der Waals surface area contributed by atoms with Gasteiger partial charge in [-0.2, -0.15) is 0 Å². The number of aliphatic hydroxyl groups is 1. The van der Waals surface area contributed by atoms with Crippen molar-refractivity contribution in [3.63, 3.8) is 0 Å². The number of imidazole rings is 1. The number of nitrogens with two attached hydrogens (primary N) is 1. The van der Waals surface area contributed by atoms with Crippen LogP contribution in [0, 0.1) is 28.5 Å². The molecule has 13 atom stereocenters. The molecule has 0 spiro atoms. The number of phenols is 2. The maximum absolute atomic E-state index is 15.0. The van der Waals surface area contributed by atoms with Crippen molar-refractivity contribution in [1.29, 1.82) is 0 Å². The number of aliphatic carboxylic acids is 1. The largest absolute Gasteiger partial charge is 0.508 e. The topological polar surface area (TPSA) is 581 Å². The number of carbonyl (C=O) groups is 14. The van der Waals surface area contributed by atoms with Gasteiger partial charge < -0.3 is 110 Å². The van der Waals surface area contributed by atoms with Gasteiger partial charge in [-0.25, -0.2) is 14.2 Å². The van der Waals surface area contributed by atoms with Crippen LogP contribution in [0.4, 0.5) is 10.1 Å². The van der Waals surface area contributed by atoms with Crippen LogP contribution in [-0.4, -0.2) is 203 Å². The van der Waals surface area contributed by atoms with Crippen LogP contribution >= 0.6 is 35.4 Å². The highest BCUT2D eigenvalue weighted by Gasteiger charge is 2.43. The average molecular weight is 1930 g/mol. The average Bonchev–Trinajstić information content (AvgIpc) is 1.44. The summed E-state index contributed by atoms with van der Waals surface area (Å²) in [7, 11) is 0. The summed E-state index contributed by atoms with van der Waals surface area (Å²) in [6.07, 6.45) is -0.876. The molecule has 6 aromatic rings. The summed E-state index contributed by atoms with van der Waals surface area (Å²) in [6, 6.07) is 11.8. The molecule has 0 fully saturated rings. The van der Waals surface area contributed by atoms with Gasteiger partial charge in [0.05, 0.1) is 39.3 Å². The molecule has 1 aliphatic carbocycles. The number of nitrogens with one attached hydrogen (secondary N) is 14. The Kier molecular flexibility index (Phi) is 38.6. The van der Waals surface area contributed by atoms with Gasteiger partial charge >= 0.3 is 11.9 Å². The zero-order valence-electron chi connectivity index (χ0n) is 76.2. The van der Waals surface area contributed by atoms with E-state index in [1.165, 1.54) is 104 Å². The maximum Gasteiger partial charge on any atom is 0.336 e. The molecular formula is C94H115Cl2FN16O21S. The molecule has 2 heterocycles. The number of halogens is 3. The number of carboxylic acid groups (broad SMARTS) is 2. The van der Waals surface area contributed by atoms with Crippen molar-refractivity contribution in [3.05, 3.63) is 188 Å². The number of carboxylic acids is 2. The van der Waals surface area contributed by atoms with Crippen molar-refractivity contribution in [3.8, 4) is 33.9 Å². The normalized spacial score (nSPS) is 14.4. The molecule has 37 nitrogen and oxygen atoms in total. The first-order chi connectivity index (χ1) is 63.6. The summed E-state index contributed by atoms with van der Waals surface area (Å²) in [6.45, 7) is 17.7. The number of carbonyl (C=O) groups excluding carboxylic acids is 12. The molecule has 5 aromatic carbocycles. The Morgan fingerprint density at radius 3 is 1.64 bits per heavy atom. The molecule has 21 N–H and O–H groups in total. The first kappa shape index (κ1) is 107. The van der Waals surface area contributed by atoms with Crippen LogP contribution in [0.3, 0.4) is 0 Å². The molecule has 0 bridgehead atoms. The maximum atomic E-state index is 15.0. The van der Waals surface area contributed by atoms with Gasteiger partial charge in [-0.05, 0) is 157 Å². The lowest BCUT2D eigenvalue weighted by atomic mass is 9.84. The zero-order chi connectivity index (χ0) is 99.6. The molecule has 1 aliphatic heterocycles. The lowest BCUT2D eigenvalue weighted by Crippen LogP contribution is -2.64. The molecule has 0 unspecified atom stereocenters. The van der Waals surface area contributed by atoms with Crippen molar-refractivity contribution in [2.24, 2.45) is 28.4 Å². The summed E-state index contributed by atoms with van der Waals surface area (Å²) in [5.41, 5.74) is 5.59. The smallest absolute Gasteiger partial charge is 0.336 e. The number of aromatic carboxylic acids is 1. The highest BCUT2D eigenvalue weighted by Crippen LogP contribution is 2.43. The number of amides is 12. The van der Waals surface area contributed by atoms with Gasteiger partial charge in [-0.3, -0.25) is 67.1 Å². The second-order valence-electron chi connectivity index (χ2n) is 35.1. The van der Waals surface area contributed by atoms with Gasteiger partial charge in [-0.15, -0.1) is 0 Å². The van der Waals surface area contributed by atoms with E-state index in [-0.39, 0.29) is 109 Å². The number of aromatic nitrogens is 2. The van der Waals surface area contributed by atoms with Crippen molar-refractivity contribution in [2.45, 2.75) is 213 Å². The lowest BCUT2D eigenvalue weighted by molar-refractivity contribution is -0.139. The molecule has 0 saturated carbocycles. The Hall–Kier alpha value is -13.7. The number of thiocarbonyl (C=S) groups is 1. The number of aromatic amines is 1. The summed E-state index contributed by atoms with van der Waals surface area (Å²) in [4.78, 5) is 217. The van der Waals surface area contributed by atoms with E-state index in [4.69, 9.17) is 45.6 Å². The third-order valence-electron chi connectivity index (χ3n) is 22.5. The molecule has 12 amide bonds. The van der Waals surface area contributed by atoms with Crippen molar-refractivity contribution < 1.29 is 101 Å². The predicted molar refractivity (Wildman–Crippen MR) is 504 cm³/mol. The number of primary amides is 1. The Bertz CT molecular complexity index is 5660. The van der Waals surface area contributed by atoms with E-state index in [9.17, 15) is 102 Å². The molecule has 724 valence electrons. The minimum Gasteiger partial charge on any atom is -0.508 e. The Morgan fingerprint density at radius 1 is 0.541 bits per heavy atom. The second-order valence-corrected chi connectivity index (χ2v) is 36.3. The SMILES string of the molecule is CC[C@H](C)[C@H](NC(=O)[C@@H](NC(=O)c1cccc(Cl)c1Cl)C(C)(C)C)C(=O)N[C@H](C(=O)N[C@H](C(=O)N[C@H](C(=O)N[C@@H](Cc1ccc(O)cc1)C(=O)N[C@H](CCC(=O)O)C(=O)N[C@@H](Cc1ccc(F)cc1)C(=O)N[C@@H](Cc1c[nH]cn1)C(=O)NCCC(=O)N[C@@H](CCCCNC(=S)Nc1ccc(-c2c3ccc(=O)cc-3oc3cc(O)ccc23)c(C(=O)O)c1)C(N)=O)[C@@H](C)O)[C@@H](C)CC)C(C)(C)C. The third kappa shape index (κ3) is 31.0. The molecule has 8 rings (SSSR count). The minimum absolute atomic E-state index is 0.00786. The van der Waals surface area contributed by atoms with Crippen LogP contribution in [0.5, 0.6) is 11.5 Å². The number of hydrogen-bond donors (Lipinski definition) is 20. The second kappa shape index (κ2) is 48.8. The van der Waals surface area contributed by atoms with E-state index in [1.807, 2.05) is 0 Å². The van der Waals surface area contributed by atoms with Crippen LogP contribution in [0.25, 0.3) is 33.4 Å². The molecule has 0 radical (unpaired) electrons. The standard InChI is InChI=1S/C94H115Cl2FN16O21S/c1-12-47(3)75(109-90(131)79(94(9,10)11)113-87(128)76(48(4)13-2)110-89(130)78(93(6,7)8)112-81(122)61-17-16-18-63(95)74(61)96)86(127)111-77(49(5)114)88(129)108-67(40-51-22-27-55(115)28-23-51)84(125)105-65(34-35-72(119)120)83(124)106-66(39-50-20-24-52(97)25-21-50)85(126)107-68(42-54-45-99-46-102-54)82(123)100-38-36-71(118)104-64(80(98)121)19-14-15-37-101-92(135)103-53-26-31-58(62(41-53)91(132)133)73-59-32-29-56(116)43-69(59)134-70-44-57(117)30-33-60(70)73/h16-18,20-33,41,43-49,64-68,75-79,114-116H,12-15,19,34-40,42H2,1-11H3,(H2,98,121)(H,99,102)(H,100,123)(H,104,118)(H,105,125)(H,106,124)(H,107,126)(H,108,129)(H,109,131)(H,110,130)(H,111,127)(H,112,122)(H,113,128)(H,119,120)(H,132,133)(H2,101,103,135)/t47-,48-,49+,64-,65+,66-,67-,68-,75-,76-,77-,78+,79+/m0/s1. The fourth-order valence-corrected chi connectivity index (χ4v) is 15.2. The van der Waals surface area contributed by atoms with Gasteiger partial charge in [0.1, 0.15) is 89.1 Å². The van der Waals surface area contributed by atoms with Crippen molar-refractivity contribution in [1.82, 2.24) is 73.8 Å². The molecule has 2 aliphatic rings. The Morgan fingerprint density at radius 2 is 1.08 bits per heavy atom. The van der Waals surface area contributed by atoms with Gasteiger partial charge in [0.25, 0.3) is 5.91 Å². The minimum atomic E-state index is -1.94. The quantitative estimate of drug-likeness (QED) is 0.0108. The van der Waals surface area contributed by atoms with Gasteiger partial charge in [-0.1, -0.05) is 142 Å². The highest BCUT2D eigenvalue weighted by molar-refractivity contribution is 7.80. The van der Waals surface area contributed by atoms with E-state index >= 15 is 0 Å². The molecule has 41 heteroatoms. The molecular weight excluding hydrogens is 1810 g/mol. The third-order valence-corrected chi connectivity index (χ3v) is 23.6. The highest BCUT2D eigenvalue weighted by atomic mass is 35.5. The van der Waals surface area contributed by atoms with Gasteiger partial charge in [0.15, 0.2) is 10.5 Å². The van der Waals surface area contributed by atoms with E-state index in [2.05, 4.69) is 79.1 Å². The van der Waals surface area contributed by atoms with E-state index in [0.29, 0.717) is 41.5 Å². The zero-order valence-corrected chi connectivity index (χ0v) is 78.6. The van der Waals surface area contributed by atoms with Crippen LogP contribution in [-0.2, 0) is 76.8 Å². The van der Waals surface area contributed by atoms with Crippen LogP contribution in [0.2, 0.25) is 10.0 Å². The molecule has 135 heavy (non-hydrogen) atoms. The number of nitrogens with zero attached hydrogens (tertiary/aromatic N) is 1. The Labute approximate surface area is 792 Å². The number of fused-ring (bicyclic) bond motifs is 2. The summed E-state index contributed by atoms with van der Waals surface area (Å²) >= 11 is 18.1. The molecule has 1 aromatic heterocycles. The first-order valence-corrected chi connectivity index (χ1v) is 44.9. The van der Waals surface area contributed by atoms with Crippen LogP contribution < -0.4 is 80.3 Å². The summed E-state index contributed by atoms with van der Waals surface area (Å²) in [5.74, 6) is -16.2. The number of rotatable bonds is 46. The number of benzene rings is 6. The van der Waals surface area contributed by atoms with Crippen LogP contribution in [0.15, 0.2) is 143 Å². The number of unbranched alkanes of at least 4 members (excludes halogenated alkanes) is 1. The van der Waals surface area contributed by atoms with E-state index < -0.39 is 210 Å². The number of H-pyrrole nitrogens is 1. The van der Waals surface area contributed by atoms with E-state index in [0.717, 1.165) is 19.1 Å². The number of phenolic OH excluding ortho intramolecular Hbond substituents is 2. The number of hydrogen-bond acceptors (Lipinski definition) is 21. The Balaban J connectivity index is 0.917. The first-order valence-electron chi connectivity index (χ1n) is 43.7. The fraction of sp³-hybridized carbons (Fsp3) is 0.415. The molecule has 0 saturated heterocycles. The number of aromatic hydroxyl groups is 2. The lowest BCUT2D eigenvalue weighted by Gasteiger charge is -2.36. The number of aliphatic hydroxyl groups excluding tert-OH is 1. The van der Waals surface area contributed by atoms with E-state index in [1.54, 1.807) is 87.4 Å². The predicted octanol–water partition coefficient (Wildman–Crippen LogP) is 6.61. The van der Waals surface area contributed by atoms with Crippen molar-refractivity contribution in [2.75, 3.05) is 18.4 Å². The summed E-state index contributed by atoms with van der Waals surface area (Å²) < 4.78 is 20.4. The van der Waals surface area contributed by atoms with Gasteiger partial charge in [0, 0.05) is 85.7 Å².